The van der Waals surface area contributed by atoms with E-state index in [9.17, 15) is 8.42 Å². The number of sulfone groups is 1. The fraction of sp³-hybridized carbons (Fsp3) is 0.565. The van der Waals surface area contributed by atoms with Crippen molar-refractivity contribution in [1.82, 2.24) is 10.2 Å². The van der Waals surface area contributed by atoms with Gasteiger partial charge in [-0.05, 0) is 70.7 Å². The van der Waals surface area contributed by atoms with Crippen LogP contribution in [0.15, 0.2) is 41.1 Å². The number of nitrogens with zero attached hydrogens (tertiary/aromatic N) is 1. The molecule has 3 aliphatic rings. The Morgan fingerprint density at radius 2 is 1.97 bits per heavy atom. The largest absolute Gasteiger partial charge is 0.493 e. The summed E-state index contributed by atoms with van der Waals surface area (Å²) >= 11 is 6.40. The minimum atomic E-state index is -3.61. The van der Waals surface area contributed by atoms with Gasteiger partial charge in [0.15, 0.2) is 15.6 Å². The van der Waals surface area contributed by atoms with Gasteiger partial charge in [0.05, 0.1) is 28.9 Å². The lowest BCUT2D eigenvalue weighted by Gasteiger charge is -2.40. The first-order valence-corrected chi connectivity index (χ1v) is 13.0. The Labute approximate surface area is 190 Å². The first-order valence-electron chi connectivity index (χ1n) is 11.0. The average Bonchev–Trinajstić information content (AvgIpc) is 3.34. The normalized spacial score (nSPS) is 26.3. The smallest absolute Gasteiger partial charge is 0.186 e. The maximum atomic E-state index is 13.5. The van der Waals surface area contributed by atoms with E-state index >= 15 is 0 Å². The fourth-order valence-electron chi connectivity index (χ4n) is 4.91. The third kappa shape index (κ3) is 4.45. The van der Waals surface area contributed by atoms with Crippen molar-refractivity contribution in [1.29, 1.82) is 0 Å². The number of nitrogens with one attached hydrogen (secondary N) is 2. The van der Waals surface area contributed by atoms with Gasteiger partial charge in [0, 0.05) is 12.1 Å². The topological polar surface area (TPSA) is 70.7 Å². The molecule has 31 heavy (non-hydrogen) atoms. The summed E-state index contributed by atoms with van der Waals surface area (Å²) in [5.74, 6) is 0.847. The Morgan fingerprint density at radius 1 is 1.26 bits per heavy atom. The molecule has 2 N–H and O–H groups in total. The maximum absolute atomic E-state index is 13.5. The van der Waals surface area contributed by atoms with E-state index < -0.39 is 15.1 Å². The van der Waals surface area contributed by atoms with E-state index in [-0.39, 0.29) is 21.7 Å². The van der Waals surface area contributed by atoms with Crippen LogP contribution in [0.5, 0.6) is 5.75 Å². The quantitative estimate of drug-likeness (QED) is 0.557. The number of rotatable bonds is 8. The summed E-state index contributed by atoms with van der Waals surface area (Å²) in [5.41, 5.74) is 1.82. The van der Waals surface area contributed by atoms with E-state index in [0.717, 1.165) is 25.9 Å². The SMILES string of the molecule is C=C(Nc1ccc(Cl)c(S(=O)(=O)C2CC(N3CCCC3)C2)c1OC)NC1CCC=C1C. The summed E-state index contributed by atoms with van der Waals surface area (Å²) in [6.45, 7) is 8.31. The predicted molar refractivity (Wildman–Crippen MR) is 125 cm³/mol. The summed E-state index contributed by atoms with van der Waals surface area (Å²) in [7, 11) is -2.13. The van der Waals surface area contributed by atoms with Crippen LogP contribution in [0, 0.1) is 0 Å². The molecule has 0 radical (unpaired) electrons. The van der Waals surface area contributed by atoms with Crippen molar-refractivity contribution in [3.05, 3.63) is 41.2 Å². The van der Waals surface area contributed by atoms with E-state index in [1.165, 1.54) is 25.5 Å². The molecule has 1 saturated carbocycles. The molecule has 170 valence electrons. The molecule has 1 aliphatic heterocycles. The number of allylic oxidation sites excluding steroid dienone is 1. The predicted octanol–water partition coefficient (Wildman–Crippen LogP) is 4.33. The van der Waals surface area contributed by atoms with Crippen LogP contribution >= 0.6 is 11.6 Å². The number of ether oxygens (including phenoxy) is 1. The van der Waals surface area contributed by atoms with Crippen LogP contribution in [0.1, 0.15) is 45.4 Å². The molecule has 8 heteroatoms. The zero-order chi connectivity index (χ0) is 22.2. The molecule has 0 aromatic heterocycles. The lowest BCUT2D eigenvalue weighted by molar-refractivity contribution is 0.161. The zero-order valence-electron chi connectivity index (χ0n) is 18.3. The average molecular weight is 466 g/mol. The van der Waals surface area contributed by atoms with Crippen LogP contribution in [-0.2, 0) is 9.84 Å². The Morgan fingerprint density at radius 3 is 2.58 bits per heavy atom. The highest BCUT2D eigenvalue weighted by Gasteiger charge is 2.44. The summed E-state index contributed by atoms with van der Waals surface area (Å²) in [6, 6.07) is 3.95. The van der Waals surface area contributed by atoms with Gasteiger partial charge in [-0.3, -0.25) is 0 Å². The van der Waals surface area contributed by atoms with Crippen molar-refractivity contribution in [3.63, 3.8) is 0 Å². The molecule has 0 bridgehead atoms. The molecule has 1 saturated heterocycles. The van der Waals surface area contributed by atoms with Gasteiger partial charge in [0.1, 0.15) is 4.90 Å². The Hall–Kier alpha value is -1.70. The van der Waals surface area contributed by atoms with Crippen molar-refractivity contribution >= 4 is 27.1 Å². The van der Waals surface area contributed by atoms with Crippen LogP contribution in [0.2, 0.25) is 5.02 Å². The minimum absolute atomic E-state index is 0.0799. The maximum Gasteiger partial charge on any atom is 0.186 e. The molecule has 2 fully saturated rings. The van der Waals surface area contributed by atoms with Crippen LogP contribution in [0.25, 0.3) is 0 Å². The van der Waals surface area contributed by atoms with Crippen LogP contribution < -0.4 is 15.4 Å². The fourth-order valence-corrected chi connectivity index (χ4v) is 7.46. The molecule has 1 atom stereocenters. The second kappa shape index (κ2) is 9.04. The highest BCUT2D eigenvalue weighted by molar-refractivity contribution is 7.92. The third-order valence-electron chi connectivity index (χ3n) is 6.82. The van der Waals surface area contributed by atoms with Crippen molar-refractivity contribution in [2.45, 2.75) is 67.7 Å². The van der Waals surface area contributed by atoms with Gasteiger partial charge in [-0.2, -0.15) is 0 Å². The van der Waals surface area contributed by atoms with Gasteiger partial charge in [-0.1, -0.05) is 29.8 Å². The summed E-state index contributed by atoms with van der Waals surface area (Å²) in [4.78, 5) is 2.49. The Bertz CT molecular complexity index is 980. The van der Waals surface area contributed by atoms with E-state index in [0.29, 0.717) is 30.4 Å². The van der Waals surface area contributed by atoms with Crippen LogP contribution in [-0.4, -0.2) is 50.9 Å². The number of anilines is 1. The monoisotopic (exact) mass is 465 g/mol. The number of methoxy groups -OCH3 is 1. The van der Waals surface area contributed by atoms with E-state index in [2.05, 4.69) is 35.1 Å². The molecular formula is C23H32ClN3O3S. The van der Waals surface area contributed by atoms with Crippen molar-refractivity contribution < 1.29 is 13.2 Å². The van der Waals surface area contributed by atoms with Crippen molar-refractivity contribution in [2.75, 3.05) is 25.5 Å². The molecule has 4 rings (SSSR count). The van der Waals surface area contributed by atoms with E-state index in [4.69, 9.17) is 16.3 Å². The first-order chi connectivity index (χ1) is 14.8. The summed E-state index contributed by atoms with van der Waals surface area (Å²) in [6.07, 6.45) is 7.99. The molecule has 0 amide bonds. The molecular weight excluding hydrogens is 434 g/mol. The highest BCUT2D eigenvalue weighted by atomic mass is 35.5. The number of hydrogen-bond acceptors (Lipinski definition) is 6. The Kier molecular flexibility index (Phi) is 6.56. The van der Waals surface area contributed by atoms with Crippen molar-refractivity contribution in [3.8, 4) is 5.75 Å². The van der Waals surface area contributed by atoms with Crippen LogP contribution in [0.3, 0.4) is 0 Å². The zero-order valence-corrected chi connectivity index (χ0v) is 19.9. The van der Waals surface area contributed by atoms with Gasteiger partial charge in [0.2, 0.25) is 0 Å². The second-order valence-corrected chi connectivity index (χ2v) is 11.4. The van der Waals surface area contributed by atoms with Gasteiger partial charge in [0.25, 0.3) is 0 Å². The third-order valence-corrected chi connectivity index (χ3v) is 9.49. The molecule has 1 heterocycles. The minimum Gasteiger partial charge on any atom is -0.493 e. The van der Waals surface area contributed by atoms with Gasteiger partial charge < -0.3 is 20.3 Å². The van der Waals surface area contributed by atoms with Gasteiger partial charge >= 0.3 is 0 Å². The standard InChI is InChI=1S/C23H32ClN3O3S/c1-15-7-6-8-20(15)25-16(2)26-21-10-9-19(24)23(22(21)30-3)31(28,29)18-13-17(14-18)27-11-4-5-12-27/h7,9-10,17-18,20,25-26H,2,4-6,8,11-14H2,1,3H3. The summed E-state index contributed by atoms with van der Waals surface area (Å²) < 4.78 is 32.5. The Balaban J connectivity index is 1.52. The van der Waals surface area contributed by atoms with E-state index in [1.54, 1.807) is 12.1 Å². The number of halogens is 1. The van der Waals surface area contributed by atoms with Gasteiger partial charge in [-0.25, -0.2) is 8.42 Å². The van der Waals surface area contributed by atoms with Crippen molar-refractivity contribution in [2.24, 2.45) is 0 Å². The molecule has 1 aromatic carbocycles. The molecule has 6 nitrogen and oxygen atoms in total. The molecule has 0 spiro atoms. The van der Waals surface area contributed by atoms with Gasteiger partial charge in [-0.15, -0.1) is 0 Å². The number of hydrogen-bond donors (Lipinski definition) is 2. The lowest BCUT2D eigenvalue weighted by Crippen LogP contribution is -2.49. The second-order valence-electron chi connectivity index (χ2n) is 8.82. The molecule has 2 aliphatic carbocycles. The number of likely N-dealkylation sites (tertiary alicyclic amines) is 1. The summed E-state index contributed by atoms with van der Waals surface area (Å²) in [5, 5.41) is 6.32. The first kappa shape index (κ1) is 22.5. The van der Waals surface area contributed by atoms with E-state index in [1.807, 2.05) is 0 Å². The molecule has 1 unspecified atom stereocenters. The highest BCUT2D eigenvalue weighted by Crippen LogP contribution is 2.44. The molecule has 1 aromatic rings. The lowest BCUT2D eigenvalue weighted by atomic mass is 9.91. The number of benzene rings is 1. The van der Waals surface area contributed by atoms with Crippen LogP contribution in [0.4, 0.5) is 5.69 Å².